The summed E-state index contributed by atoms with van der Waals surface area (Å²) in [6, 6.07) is 19.1. The van der Waals surface area contributed by atoms with Crippen molar-refractivity contribution in [1.82, 2.24) is 10.6 Å². The number of hydrogen-bond acceptors (Lipinski definition) is 4. The molecule has 0 radical (unpaired) electrons. The molecule has 0 saturated heterocycles. The number of ether oxygens (including phenoxy) is 2. The summed E-state index contributed by atoms with van der Waals surface area (Å²) in [5, 5.41) is 9.84. The Labute approximate surface area is 231 Å². The number of benzene rings is 3. The van der Waals surface area contributed by atoms with Gasteiger partial charge in [-0.15, -0.1) is 0 Å². The summed E-state index contributed by atoms with van der Waals surface area (Å²) in [7, 11) is 0. The first-order chi connectivity index (χ1) is 17.8. The fourth-order valence-electron chi connectivity index (χ4n) is 4.13. The minimum Gasteiger partial charge on any atom is -0.490 e. The van der Waals surface area contributed by atoms with Crippen molar-refractivity contribution in [2.24, 2.45) is 0 Å². The Kier molecular flexibility index (Phi) is 8.51. The largest absolute Gasteiger partial charge is 0.490 e. The van der Waals surface area contributed by atoms with E-state index in [1.165, 1.54) is 5.56 Å². The van der Waals surface area contributed by atoms with Crippen LogP contribution in [-0.2, 0) is 11.4 Å². The highest BCUT2D eigenvalue weighted by atomic mass is 79.9. The number of amides is 1. The van der Waals surface area contributed by atoms with E-state index >= 15 is 0 Å². The molecule has 3 aromatic carbocycles. The van der Waals surface area contributed by atoms with Crippen LogP contribution < -0.4 is 25.4 Å². The van der Waals surface area contributed by atoms with Crippen LogP contribution in [0.5, 0.6) is 11.5 Å². The minimum atomic E-state index is -0.503. The molecule has 0 bridgehead atoms. The van der Waals surface area contributed by atoms with Gasteiger partial charge in [0.05, 0.1) is 18.2 Å². The standard InChI is InChI=1S/C29H30BrN3O3S/c1-5-35-24-14-22(23(30)15-25(24)36-16-20-9-7-6-8-10-20)27-26(19(4)31-29(37)33-27)28(34)32-21-12-11-17(2)18(3)13-21/h6-15,27H,5,16H2,1-4H3,(H,32,34)(H2,31,33,37)/t27-/m0/s1. The van der Waals surface area contributed by atoms with Crippen LogP contribution in [0.2, 0.25) is 0 Å². The predicted molar refractivity (Wildman–Crippen MR) is 155 cm³/mol. The van der Waals surface area contributed by atoms with Gasteiger partial charge in [0.1, 0.15) is 6.61 Å². The van der Waals surface area contributed by atoms with Gasteiger partial charge in [0, 0.05) is 15.9 Å². The van der Waals surface area contributed by atoms with Crippen LogP contribution in [0.4, 0.5) is 5.69 Å². The Balaban J connectivity index is 1.67. The Hall–Kier alpha value is -3.36. The van der Waals surface area contributed by atoms with Gasteiger partial charge in [-0.2, -0.15) is 0 Å². The van der Waals surface area contributed by atoms with E-state index in [1.807, 2.05) is 88.4 Å². The highest BCUT2D eigenvalue weighted by Gasteiger charge is 2.32. The molecule has 1 heterocycles. The van der Waals surface area contributed by atoms with Crippen molar-refractivity contribution in [2.45, 2.75) is 40.3 Å². The van der Waals surface area contributed by atoms with E-state index in [4.69, 9.17) is 21.7 Å². The summed E-state index contributed by atoms with van der Waals surface area (Å²) in [6.45, 7) is 8.71. The van der Waals surface area contributed by atoms with E-state index in [0.717, 1.165) is 26.9 Å². The van der Waals surface area contributed by atoms with Gasteiger partial charge < -0.3 is 25.4 Å². The van der Waals surface area contributed by atoms with Crippen molar-refractivity contribution in [3.63, 3.8) is 0 Å². The van der Waals surface area contributed by atoms with Gasteiger partial charge in [-0.1, -0.05) is 52.3 Å². The van der Waals surface area contributed by atoms with Crippen molar-refractivity contribution in [2.75, 3.05) is 11.9 Å². The van der Waals surface area contributed by atoms with Gasteiger partial charge in [0.2, 0.25) is 0 Å². The fourth-order valence-corrected chi connectivity index (χ4v) is 4.96. The van der Waals surface area contributed by atoms with Crippen LogP contribution in [0.25, 0.3) is 0 Å². The number of thiocarbonyl (C=S) groups is 1. The van der Waals surface area contributed by atoms with E-state index < -0.39 is 6.04 Å². The minimum absolute atomic E-state index is 0.220. The molecule has 0 fully saturated rings. The van der Waals surface area contributed by atoms with E-state index in [2.05, 4.69) is 31.9 Å². The van der Waals surface area contributed by atoms with E-state index in [1.54, 1.807) is 0 Å². The normalized spacial score (nSPS) is 15.1. The van der Waals surface area contributed by atoms with Gasteiger partial charge in [0.25, 0.3) is 5.91 Å². The molecule has 6 nitrogen and oxygen atoms in total. The van der Waals surface area contributed by atoms with Crippen LogP contribution in [0.3, 0.4) is 0 Å². The zero-order valence-corrected chi connectivity index (χ0v) is 23.7. The van der Waals surface area contributed by atoms with Crippen molar-refractivity contribution in [1.29, 1.82) is 0 Å². The summed E-state index contributed by atoms with van der Waals surface area (Å²) >= 11 is 9.15. The molecule has 1 atom stereocenters. The van der Waals surface area contributed by atoms with Crippen LogP contribution in [-0.4, -0.2) is 17.6 Å². The molecular formula is C29H30BrN3O3S. The predicted octanol–water partition coefficient (Wildman–Crippen LogP) is 6.48. The van der Waals surface area contributed by atoms with Gasteiger partial charge in [-0.05, 0) is 86.4 Å². The maximum absolute atomic E-state index is 13.5. The van der Waals surface area contributed by atoms with Gasteiger partial charge >= 0.3 is 0 Å². The van der Waals surface area contributed by atoms with Crippen LogP contribution in [0.15, 0.2) is 76.4 Å². The zero-order valence-electron chi connectivity index (χ0n) is 21.3. The van der Waals surface area contributed by atoms with Crippen LogP contribution >= 0.6 is 28.1 Å². The third kappa shape index (κ3) is 6.32. The first-order valence-electron chi connectivity index (χ1n) is 12.1. The number of rotatable bonds is 8. The van der Waals surface area contributed by atoms with E-state index in [9.17, 15) is 4.79 Å². The summed E-state index contributed by atoms with van der Waals surface area (Å²) in [6.07, 6.45) is 0. The molecule has 3 N–H and O–H groups in total. The second-order valence-corrected chi connectivity index (χ2v) is 10.1. The molecule has 8 heteroatoms. The Morgan fingerprint density at radius 2 is 1.73 bits per heavy atom. The number of anilines is 1. The molecule has 192 valence electrons. The molecule has 4 rings (SSSR count). The number of nitrogens with one attached hydrogen (secondary N) is 3. The third-order valence-corrected chi connectivity index (χ3v) is 7.10. The lowest BCUT2D eigenvalue weighted by Gasteiger charge is -2.31. The highest BCUT2D eigenvalue weighted by molar-refractivity contribution is 9.10. The zero-order chi connectivity index (χ0) is 26.5. The van der Waals surface area contributed by atoms with Crippen LogP contribution in [0, 0.1) is 13.8 Å². The lowest BCUT2D eigenvalue weighted by Crippen LogP contribution is -2.45. The number of hydrogen-bond donors (Lipinski definition) is 3. The van der Waals surface area contributed by atoms with Crippen molar-refractivity contribution < 1.29 is 14.3 Å². The SMILES string of the molecule is CCOc1cc([C@@H]2NC(=S)NC(C)=C2C(=O)Nc2ccc(C)c(C)c2)c(Br)cc1OCc1ccccc1. The molecule has 0 unspecified atom stereocenters. The maximum Gasteiger partial charge on any atom is 0.255 e. The van der Waals surface area contributed by atoms with Crippen molar-refractivity contribution in [3.05, 3.63) is 98.7 Å². The summed E-state index contributed by atoms with van der Waals surface area (Å²) in [5.41, 5.74) is 6.09. The molecule has 1 aliphatic rings. The number of halogens is 1. The van der Waals surface area contributed by atoms with Crippen LogP contribution in [0.1, 0.15) is 42.1 Å². The monoisotopic (exact) mass is 579 g/mol. The summed E-state index contributed by atoms with van der Waals surface area (Å²) < 4.78 is 12.8. The van der Waals surface area contributed by atoms with Gasteiger partial charge in [-0.3, -0.25) is 4.79 Å². The number of carbonyl (C=O) groups is 1. The molecule has 0 spiro atoms. The molecule has 37 heavy (non-hydrogen) atoms. The first-order valence-corrected chi connectivity index (χ1v) is 13.3. The number of carbonyl (C=O) groups excluding carboxylic acids is 1. The summed E-state index contributed by atoms with van der Waals surface area (Å²) in [5.74, 6) is 0.983. The molecule has 1 amide bonds. The Bertz CT molecular complexity index is 1360. The first kappa shape index (κ1) is 26.7. The third-order valence-electron chi connectivity index (χ3n) is 6.19. The average molecular weight is 581 g/mol. The number of allylic oxidation sites excluding steroid dienone is 1. The fraction of sp³-hybridized carbons (Fsp3) is 0.241. The van der Waals surface area contributed by atoms with E-state index in [0.29, 0.717) is 41.1 Å². The second-order valence-electron chi connectivity index (χ2n) is 8.85. The maximum atomic E-state index is 13.5. The average Bonchev–Trinajstić information content (AvgIpc) is 2.86. The quantitative estimate of drug-likeness (QED) is 0.265. The Morgan fingerprint density at radius 3 is 2.43 bits per heavy atom. The van der Waals surface area contributed by atoms with Gasteiger partial charge in [-0.25, -0.2) is 0 Å². The van der Waals surface area contributed by atoms with Crippen molar-refractivity contribution in [3.8, 4) is 11.5 Å². The smallest absolute Gasteiger partial charge is 0.255 e. The number of aryl methyl sites for hydroxylation is 2. The second kappa shape index (κ2) is 11.8. The molecule has 0 saturated carbocycles. The lowest BCUT2D eigenvalue weighted by molar-refractivity contribution is -0.113. The molecular weight excluding hydrogens is 550 g/mol. The molecule has 0 aliphatic carbocycles. The highest BCUT2D eigenvalue weighted by Crippen LogP contribution is 2.40. The van der Waals surface area contributed by atoms with E-state index in [-0.39, 0.29) is 5.91 Å². The topological polar surface area (TPSA) is 71.6 Å². The molecule has 3 aromatic rings. The Morgan fingerprint density at radius 1 is 1.00 bits per heavy atom. The lowest BCUT2D eigenvalue weighted by atomic mass is 9.94. The molecule has 0 aromatic heterocycles. The molecule has 1 aliphatic heterocycles. The summed E-state index contributed by atoms with van der Waals surface area (Å²) in [4.78, 5) is 13.5. The van der Waals surface area contributed by atoms with Gasteiger partial charge in [0.15, 0.2) is 16.6 Å². The van der Waals surface area contributed by atoms with Crippen molar-refractivity contribution >= 4 is 44.9 Å².